The van der Waals surface area contributed by atoms with Crippen molar-refractivity contribution in [2.45, 2.75) is 25.7 Å². The third kappa shape index (κ3) is 3.48. The Hall–Kier alpha value is -2.16. The molecule has 1 saturated heterocycles. The monoisotopic (exact) mass is 280 g/mol. The van der Waals surface area contributed by atoms with Crippen LogP contribution >= 0.6 is 0 Å². The molecular formula is C18H20N2O. The van der Waals surface area contributed by atoms with E-state index in [0.717, 1.165) is 43.5 Å². The molecule has 0 N–H and O–H groups in total. The lowest BCUT2D eigenvalue weighted by molar-refractivity contribution is -0.130. The van der Waals surface area contributed by atoms with E-state index in [0.29, 0.717) is 12.3 Å². The highest BCUT2D eigenvalue weighted by molar-refractivity contribution is 5.76. The van der Waals surface area contributed by atoms with Crippen LogP contribution in [0.25, 0.3) is 11.1 Å². The van der Waals surface area contributed by atoms with Crippen molar-refractivity contribution in [1.29, 1.82) is 0 Å². The predicted octanol–water partition coefficient (Wildman–Crippen LogP) is 3.30. The van der Waals surface area contributed by atoms with Crippen molar-refractivity contribution >= 4 is 5.91 Å². The Morgan fingerprint density at radius 3 is 2.48 bits per heavy atom. The number of carbonyl (C=O) groups excluding carboxylic acids is 1. The predicted molar refractivity (Wildman–Crippen MR) is 83.8 cm³/mol. The molecule has 2 heterocycles. The van der Waals surface area contributed by atoms with Gasteiger partial charge in [0.2, 0.25) is 5.91 Å². The molecule has 3 nitrogen and oxygen atoms in total. The number of hydrogen-bond donors (Lipinski definition) is 0. The van der Waals surface area contributed by atoms with Crippen molar-refractivity contribution in [3.8, 4) is 11.1 Å². The Morgan fingerprint density at radius 1 is 1.05 bits per heavy atom. The second kappa shape index (κ2) is 6.53. The summed E-state index contributed by atoms with van der Waals surface area (Å²) < 4.78 is 0. The molecule has 0 atom stereocenters. The summed E-state index contributed by atoms with van der Waals surface area (Å²) in [6.45, 7) is 1.89. The SMILES string of the molecule is O=C(CCc1ccc(-c2cccnc2)cc1)N1CCCC1. The van der Waals surface area contributed by atoms with Crippen molar-refractivity contribution in [2.24, 2.45) is 0 Å². The van der Waals surface area contributed by atoms with E-state index in [9.17, 15) is 4.79 Å². The van der Waals surface area contributed by atoms with Crippen LogP contribution in [0, 0.1) is 0 Å². The van der Waals surface area contributed by atoms with Crippen molar-refractivity contribution in [3.63, 3.8) is 0 Å². The first kappa shape index (κ1) is 13.8. The van der Waals surface area contributed by atoms with Crippen LogP contribution in [0.5, 0.6) is 0 Å². The smallest absolute Gasteiger partial charge is 0.222 e. The number of carbonyl (C=O) groups is 1. The Morgan fingerprint density at radius 2 is 1.81 bits per heavy atom. The summed E-state index contributed by atoms with van der Waals surface area (Å²) in [7, 11) is 0. The number of aryl methyl sites for hydroxylation is 1. The highest BCUT2D eigenvalue weighted by Gasteiger charge is 2.17. The van der Waals surface area contributed by atoms with Gasteiger partial charge in [-0.3, -0.25) is 9.78 Å². The molecule has 1 aromatic heterocycles. The van der Waals surface area contributed by atoms with Gasteiger partial charge in [-0.25, -0.2) is 0 Å². The number of aromatic nitrogens is 1. The second-order valence-corrected chi connectivity index (χ2v) is 5.53. The number of amides is 1. The van der Waals surface area contributed by atoms with E-state index in [4.69, 9.17) is 0 Å². The lowest BCUT2D eigenvalue weighted by Gasteiger charge is -2.14. The standard InChI is InChI=1S/C18H20N2O/c21-18(20-12-1-2-13-20)10-7-15-5-8-16(9-6-15)17-4-3-11-19-14-17/h3-6,8-9,11,14H,1-2,7,10,12-13H2. The fraction of sp³-hybridized carbons (Fsp3) is 0.333. The van der Waals surface area contributed by atoms with Crippen LogP contribution in [0.1, 0.15) is 24.8 Å². The van der Waals surface area contributed by atoms with Gasteiger partial charge in [-0.15, -0.1) is 0 Å². The first-order valence-corrected chi connectivity index (χ1v) is 7.60. The number of nitrogens with zero attached hydrogens (tertiary/aromatic N) is 2. The molecule has 0 radical (unpaired) electrons. The van der Waals surface area contributed by atoms with Crippen molar-refractivity contribution in [3.05, 3.63) is 54.4 Å². The van der Waals surface area contributed by atoms with Gasteiger partial charge in [-0.05, 0) is 42.0 Å². The maximum Gasteiger partial charge on any atom is 0.222 e. The average Bonchev–Trinajstić information content (AvgIpc) is 3.08. The maximum absolute atomic E-state index is 12.0. The summed E-state index contributed by atoms with van der Waals surface area (Å²) >= 11 is 0. The number of benzene rings is 1. The Bertz CT molecular complexity index is 586. The van der Waals surface area contributed by atoms with Gasteiger partial charge in [0.05, 0.1) is 0 Å². The zero-order chi connectivity index (χ0) is 14.5. The zero-order valence-corrected chi connectivity index (χ0v) is 12.2. The number of likely N-dealkylation sites (tertiary alicyclic amines) is 1. The van der Waals surface area contributed by atoms with Gasteiger partial charge >= 0.3 is 0 Å². The average molecular weight is 280 g/mol. The molecule has 2 aromatic rings. The van der Waals surface area contributed by atoms with Gasteiger partial charge in [-0.2, -0.15) is 0 Å². The molecule has 3 heteroatoms. The van der Waals surface area contributed by atoms with Gasteiger partial charge in [0, 0.05) is 31.9 Å². The minimum absolute atomic E-state index is 0.295. The number of hydrogen-bond acceptors (Lipinski definition) is 2. The van der Waals surface area contributed by atoms with Crippen LogP contribution in [0.3, 0.4) is 0 Å². The highest BCUT2D eigenvalue weighted by atomic mass is 16.2. The van der Waals surface area contributed by atoms with E-state index in [-0.39, 0.29) is 0 Å². The van der Waals surface area contributed by atoms with Gasteiger partial charge in [0.25, 0.3) is 0 Å². The summed E-state index contributed by atoms with van der Waals surface area (Å²) in [6, 6.07) is 12.4. The van der Waals surface area contributed by atoms with Crippen LogP contribution in [0.2, 0.25) is 0 Å². The van der Waals surface area contributed by atoms with E-state index in [1.807, 2.05) is 17.2 Å². The lowest BCUT2D eigenvalue weighted by atomic mass is 10.0. The molecule has 0 spiro atoms. The summed E-state index contributed by atoms with van der Waals surface area (Å²) in [6.07, 6.45) is 7.40. The van der Waals surface area contributed by atoms with Crippen LogP contribution in [0.15, 0.2) is 48.8 Å². The minimum atomic E-state index is 0.295. The second-order valence-electron chi connectivity index (χ2n) is 5.53. The van der Waals surface area contributed by atoms with Gasteiger partial charge in [0.1, 0.15) is 0 Å². The highest BCUT2D eigenvalue weighted by Crippen LogP contribution is 2.19. The maximum atomic E-state index is 12.0. The summed E-state index contributed by atoms with van der Waals surface area (Å²) in [5.41, 5.74) is 3.50. The molecule has 1 amide bonds. The molecule has 1 aliphatic heterocycles. The molecule has 1 aromatic carbocycles. The third-order valence-corrected chi connectivity index (χ3v) is 4.04. The van der Waals surface area contributed by atoms with Gasteiger partial charge in [-0.1, -0.05) is 30.3 Å². The van der Waals surface area contributed by atoms with Crippen LogP contribution < -0.4 is 0 Å². The summed E-state index contributed by atoms with van der Waals surface area (Å²) in [5, 5.41) is 0. The van der Waals surface area contributed by atoms with E-state index < -0.39 is 0 Å². The molecule has 108 valence electrons. The van der Waals surface area contributed by atoms with Gasteiger partial charge < -0.3 is 4.90 Å². The fourth-order valence-corrected chi connectivity index (χ4v) is 2.77. The van der Waals surface area contributed by atoms with E-state index >= 15 is 0 Å². The third-order valence-electron chi connectivity index (χ3n) is 4.04. The van der Waals surface area contributed by atoms with Crippen LogP contribution in [0.4, 0.5) is 0 Å². The number of pyridine rings is 1. The van der Waals surface area contributed by atoms with E-state index in [2.05, 4.69) is 35.3 Å². The normalized spacial score (nSPS) is 14.4. The van der Waals surface area contributed by atoms with Gasteiger partial charge in [0.15, 0.2) is 0 Å². The Balaban J connectivity index is 1.58. The molecule has 1 fully saturated rings. The lowest BCUT2D eigenvalue weighted by Crippen LogP contribution is -2.27. The molecule has 21 heavy (non-hydrogen) atoms. The first-order chi connectivity index (χ1) is 10.3. The molecule has 0 aliphatic carbocycles. The van der Waals surface area contributed by atoms with E-state index in [1.54, 1.807) is 6.20 Å². The minimum Gasteiger partial charge on any atom is -0.343 e. The number of rotatable bonds is 4. The zero-order valence-electron chi connectivity index (χ0n) is 12.2. The van der Waals surface area contributed by atoms with Crippen LogP contribution in [-0.4, -0.2) is 28.9 Å². The molecule has 0 saturated carbocycles. The molecule has 0 bridgehead atoms. The van der Waals surface area contributed by atoms with Crippen molar-refractivity contribution < 1.29 is 4.79 Å². The van der Waals surface area contributed by atoms with Crippen LogP contribution in [-0.2, 0) is 11.2 Å². The molecule has 0 unspecified atom stereocenters. The summed E-state index contributed by atoms with van der Waals surface area (Å²) in [5.74, 6) is 0.295. The molecular weight excluding hydrogens is 260 g/mol. The largest absolute Gasteiger partial charge is 0.343 e. The quantitative estimate of drug-likeness (QED) is 0.861. The Labute approximate surface area is 125 Å². The Kier molecular flexibility index (Phi) is 4.29. The topological polar surface area (TPSA) is 33.2 Å². The summed E-state index contributed by atoms with van der Waals surface area (Å²) in [4.78, 5) is 18.2. The fourth-order valence-electron chi connectivity index (χ4n) is 2.77. The molecule has 1 aliphatic rings. The van der Waals surface area contributed by atoms with Crippen molar-refractivity contribution in [1.82, 2.24) is 9.88 Å². The molecule has 3 rings (SSSR count). The van der Waals surface area contributed by atoms with E-state index in [1.165, 1.54) is 5.56 Å². The first-order valence-electron chi connectivity index (χ1n) is 7.60. The van der Waals surface area contributed by atoms with Crippen molar-refractivity contribution in [2.75, 3.05) is 13.1 Å².